The summed E-state index contributed by atoms with van der Waals surface area (Å²) in [5.41, 5.74) is 7.07. The van der Waals surface area contributed by atoms with Crippen molar-refractivity contribution in [3.05, 3.63) is 48.0 Å². The molecule has 0 atom stereocenters. The number of ether oxygens (including phenoxy) is 1. The standard InChI is InChI=1S/C18H18N6O3S/c1-23-18(19-21-22-23)12-4-2-5-13(10-12)27-14-7-8-15-16(11-14)28(25,26)20-17-6-3-9-24(15)17/h2,4-5,7-8,10-11,21-22H,3,6,9H2,1H3. The minimum absolute atomic E-state index is 0.181. The number of nitrogens with zero attached hydrogens (tertiary/aromatic N) is 4. The molecular weight excluding hydrogens is 380 g/mol. The molecule has 0 radical (unpaired) electrons. The third-order valence-corrected chi connectivity index (χ3v) is 6.18. The molecule has 3 aliphatic heterocycles. The fraction of sp³-hybridized carbons (Fsp3) is 0.222. The van der Waals surface area contributed by atoms with E-state index >= 15 is 0 Å². The minimum Gasteiger partial charge on any atom is -0.457 e. The molecule has 0 aliphatic carbocycles. The van der Waals surface area contributed by atoms with Crippen LogP contribution in [-0.2, 0) is 10.0 Å². The Balaban J connectivity index is 1.47. The molecule has 0 bridgehead atoms. The molecule has 1 saturated heterocycles. The molecule has 144 valence electrons. The van der Waals surface area contributed by atoms with Gasteiger partial charge in [-0.15, -0.1) is 15.0 Å². The zero-order chi connectivity index (χ0) is 19.3. The van der Waals surface area contributed by atoms with Crippen LogP contribution < -0.4 is 20.7 Å². The zero-order valence-electron chi connectivity index (χ0n) is 15.1. The minimum atomic E-state index is -3.72. The summed E-state index contributed by atoms with van der Waals surface area (Å²) in [5, 5.41) is 5.92. The van der Waals surface area contributed by atoms with Gasteiger partial charge >= 0.3 is 0 Å². The Bertz CT molecular complexity index is 1130. The lowest BCUT2D eigenvalue weighted by molar-refractivity contribution is 0.349. The normalized spacial score (nSPS) is 19.5. The van der Waals surface area contributed by atoms with Crippen LogP contribution in [0.5, 0.6) is 11.5 Å². The highest BCUT2D eigenvalue weighted by Crippen LogP contribution is 2.38. The number of rotatable bonds is 3. The summed E-state index contributed by atoms with van der Waals surface area (Å²) in [6.45, 7) is 0.779. The molecule has 2 aromatic rings. The van der Waals surface area contributed by atoms with E-state index in [-0.39, 0.29) is 4.90 Å². The van der Waals surface area contributed by atoms with Gasteiger partial charge in [-0.2, -0.15) is 8.42 Å². The van der Waals surface area contributed by atoms with Crippen LogP contribution in [0.4, 0.5) is 5.69 Å². The lowest BCUT2D eigenvalue weighted by atomic mass is 10.2. The molecule has 3 aliphatic rings. The maximum Gasteiger partial charge on any atom is 0.286 e. The van der Waals surface area contributed by atoms with Gasteiger partial charge in [0.1, 0.15) is 22.2 Å². The Kier molecular flexibility index (Phi) is 3.78. The number of amidine groups is 2. The van der Waals surface area contributed by atoms with Crippen LogP contribution in [0.1, 0.15) is 18.4 Å². The van der Waals surface area contributed by atoms with Crippen molar-refractivity contribution in [2.75, 3.05) is 18.5 Å². The lowest BCUT2D eigenvalue weighted by Gasteiger charge is -2.25. The van der Waals surface area contributed by atoms with Crippen molar-refractivity contribution in [1.82, 2.24) is 16.1 Å². The molecule has 0 saturated carbocycles. The highest BCUT2D eigenvalue weighted by atomic mass is 32.2. The Hall–Kier alpha value is -3.11. The number of hydrazone groups is 1. The van der Waals surface area contributed by atoms with E-state index in [4.69, 9.17) is 4.74 Å². The summed E-state index contributed by atoms with van der Waals surface area (Å²) < 4.78 is 35.1. The van der Waals surface area contributed by atoms with E-state index in [1.165, 1.54) is 6.07 Å². The molecule has 0 unspecified atom stereocenters. The van der Waals surface area contributed by atoms with Crippen LogP contribution in [0.25, 0.3) is 0 Å². The largest absolute Gasteiger partial charge is 0.457 e. The number of anilines is 1. The van der Waals surface area contributed by atoms with Gasteiger partial charge in [0.05, 0.1) is 5.69 Å². The third-order valence-electron chi connectivity index (χ3n) is 4.84. The number of hydrogen-bond acceptors (Lipinski definition) is 8. The van der Waals surface area contributed by atoms with Crippen molar-refractivity contribution in [2.24, 2.45) is 9.50 Å². The highest BCUT2D eigenvalue weighted by molar-refractivity contribution is 7.90. The fourth-order valence-corrected chi connectivity index (χ4v) is 4.84. The molecule has 2 N–H and O–H groups in total. The van der Waals surface area contributed by atoms with Gasteiger partial charge in [0.25, 0.3) is 10.0 Å². The number of benzene rings is 2. The third kappa shape index (κ3) is 2.77. The van der Waals surface area contributed by atoms with Crippen LogP contribution in [0.15, 0.2) is 56.9 Å². The van der Waals surface area contributed by atoms with Gasteiger partial charge < -0.3 is 9.64 Å². The number of sulfonamides is 1. The fourth-order valence-electron chi connectivity index (χ4n) is 3.56. The average molecular weight is 398 g/mol. The Morgan fingerprint density at radius 1 is 1.14 bits per heavy atom. The second-order valence-corrected chi connectivity index (χ2v) is 8.29. The van der Waals surface area contributed by atoms with Crippen molar-refractivity contribution < 1.29 is 13.2 Å². The van der Waals surface area contributed by atoms with Gasteiger partial charge in [0.15, 0.2) is 5.84 Å². The van der Waals surface area contributed by atoms with Crippen LogP contribution in [-0.4, -0.2) is 38.7 Å². The predicted molar refractivity (Wildman–Crippen MR) is 105 cm³/mol. The Morgan fingerprint density at radius 3 is 2.82 bits per heavy atom. The van der Waals surface area contributed by atoms with Gasteiger partial charge in [-0.25, -0.2) is 5.53 Å². The molecule has 5 rings (SSSR count). The smallest absolute Gasteiger partial charge is 0.286 e. The first-order chi connectivity index (χ1) is 13.5. The summed E-state index contributed by atoms with van der Waals surface area (Å²) in [6.07, 6.45) is 1.59. The molecule has 3 heterocycles. The van der Waals surface area contributed by atoms with Crippen molar-refractivity contribution in [1.29, 1.82) is 0 Å². The summed E-state index contributed by atoms with van der Waals surface area (Å²) in [5.74, 6) is 2.36. The summed E-state index contributed by atoms with van der Waals surface area (Å²) in [7, 11) is -1.87. The molecule has 0 aromatic heterocycles. The maximum atomic E-state index is 12.6. The van der Waals surface area contributed by atoms with Gasteiger partial charge in [-0.1, -0.05) is 12.1 Å². The number of fused-ring (bicyclic) bond motifs is 3. The molecule has 0 spiro atoms. The van der Waals surface area contributed by atoms with Crippen molar-refractivity contribution in [2.45, 2.75) is 17.7 Å². The highest BCUT2D eigenvalue weighted by Gasteiger charge is 2.33. The topological polar surface area (TPSA) is 98.6 Å². The first kappa shape index (κ1) is 17.0. The zero-order valence-corrected chi connectivity index (χ0v) is 15.9. The number of hydrazine groups is 2. The second-order valence-electron chi connectivity index (χ2n) is 6.72. The average Bonchev–Trinajstić information content (AvgIpc) is 3.30. The van der Waals surface area contributed by atoms with Gasteiger partial charge in [-0.05, 0) is 30.7 Å². The van der Waals surface area contributed by atoms with Crippen LogP contribution >= 0.6 is 0 Å². The second kappa shape index (κ2) is 6.21. The predicted octanol–water partition coefficient (Wildman–Crippen LogP) is 1.80. The van der Waals surface area contributed by atoms with E-state index < -0.39 is 10.0 Å². The van der Waals surface area contributed by atoms with E-state index in [1.807, 2.05) is 36.2 Å². The summed E-state index contributed by atoms with van der Waals surface area (Å²) in [6, 6.07) is 12.5. The first-order valence-corrected chi connectivity index (χ1v) is 10.3. The summed E-state index contributed by atoms with van der Waals surface area (Å²) in [4.78, 5) is 2.15. The summed E-state index contributed by atoms with van der Waals surface area (Å²) >= 11 is 0. The van der Waals surface area contributed by atoms with E-state index in [0.717, 1.165) is 24.4 Å². The molecule has 2 aromatic carbocycles. The van der Waals surface area contributed by atoms with Gasteiger partial charge in [0, 0.05) is 31.6 Å². The number of nitrogens with one attached hydrogen (secondary N) is 2. The lowest BCUT2D eigenvalue weighted by Crippen LogP contribution is -2.37. The SMILES string of the molecule is CN1NNN=C1c1cccc(Oc2ccc3c(c2)S(=O)(=O)N=C2CCCN23)c1. The Morgan fingerprint density at radius 2 is 2.00 bits per heavy atom. The number of hydrogen-bond donors (Lipinski definition) is 2. The van der Waals surface area contributed by atoms with Crippen molar-refractivity contribution in [3.63, 3.8) is 0 Å². The quantitative estimate of drug-likeness (QED) is 0.813. The monoisotopic (exact) mass is 398 g/mol. The first-order valence-electron chi connectivity index (χ1n) is 8.87. The van der Waals surface area contributed by atoms with Crippen molar-refractivity contribution in [3.8, 4) is 11.5 Å². The molecular formula is C18H18N6O3S. The van der Waals surface area contributed by atoms with Crippen LogP contribution in [0, 0.1) is 0 Å². The maximum absolute atomic E-state index is 12.6. The van der Waals surface area contributed by atoms with Crippen LogP contribution in [0.3, 0.4) is 0 Å². The van der Waals surface area contributed by atoms with E-state index in [2.05, 4.69) is 20.6 Å². The van der Waals surface area contributed by atoms with Crippen molar-refractivity contribution >= 4 is 27.4 Å². The van der Waals surface area contributed by atoms with E-state index in [1.54, 1.807) is 17.1 Å². The molecule has 0 amide bonds. The molecule has 10 heteroatoms. The molecule has 1 fully saturated rings. The Labute approximate surface area is 162 Å². The van der Waals surface area contributed by atoms with E-state index in [9.17, 15) is 8.42 Å². The molecule has 9 nitrogen and oxygen atoms in total. The molecule has 28 heavy (non-hydrogen) atoms. The van der Waals surface area contributed by atoms with Gasteiger partial charge in [-0.3, -0.25) is 5.01 Å². The van der Waals surface area contributed by atoms with Gasteiger partial charge in [0.2, 0.25) is 0 Å². The van der Waals surface area contributed by atoms with Crippen LogP contribution in [0.2, 0.25) is 0 Å². The van der Waals surface area contributed by atoms with E-state index in [0.29, 0.717) is 29.4 Å².